The van der Waals surface area contributed by atoms with Crippen LogP contribution in [0.5, 0.6) is 0 Å². The molecule has 16 heavy (non-hydrogen) atoms. The van der Waals surface area contributed by atoms with Crippen molar-refractivity contribution >= 4 is 6.08 Å². The van der Waals surface area contributed by atoms with E-state index in [1.165, 1.54) is 11.1 Å². The lowest BCUT2D eigenvalue weighted by atomic mass is 10.1. The van der Waals surface area contributed by atoms with Crippen molar-refractivity contribution < 1.29 is 0 Å². The summed E-state index contributed by atoms with van der Waals surface area (Å²) in [6.07, 6.45) is 1.93. The van der Waals surface area contributed by atoms with E-state index in [2.05, 4.69) is 61.8 Å². The Kier molecular flexibility index (Phi) is 5.23. The highest BCUT2D eigenvalue weighted by Crippen LogP contribution is 2.11. The summed E-state index contributed by atoms with van der Waals surface area (Å²) in [5, 5.41) is 0. The molecular formula is C14H22N2. The van der Waals surface area contributed by atoms with Crippen LogP contribution in [-0.4, -0.2) is 44.0 Å². The van der Waals surface area contributed by atoms with Gasteiger partial charge in [0.15, 0.2) is 0 Å². The van der Waals surface area contributed by atoms with Crippen LogP contribution in [-0.2, 0) is 6.54 Å². The van der Waals surface area contributed by atoms with E-state index < -0.39 is 0 Å². The van der Waals surface area contributed by atoms with Crippen molar-refractivity contribution in [3.05, 3.63) is 42.0 Å². The van der Waals surface area contributed by atoms with Gasteiger partial charge in [-0.2, -0.15) is 0 Å². The Morgan fingerprint density at radius 2 is 1.81 bits per heavy atom. The Bertz CT molecular complexity index is 331. The first-order valence-electron chi connectivity index (χ1n) is 5.67. The average molecular weight is 218 g/mol. The van der Waals surface area contributed by atoms with Gasteiger partial charge < -0.3 is 9.80 Å². The van der Waals surface area contributed by atoms with Gasteiger partial charge in [0.25, 0.3) is 0 Å². The van der Waals surface area contributed by atoms with Crippen LogP contribution < -0.4 is 0 Å². The molecule has 0 radical (unpaired) electrons. The minimum absolute atomic E-state index is 0.982. The molecule has 0 atom stereocenters. The second kappa shape index (κ2) is 6.46. The predicted molar refractivity (Wildman–Crippen MR) is 71.4 cm³/mol. The Morgan fingerprint density at radius 1 is 1.12 bits per heavy atom. The largest absolute Gasteiger partial charge is 0.308 e. The van der Waals surface area contributed by atoms with Gasteiger partial charge >= 0.3 is 0 Å². The standard InChI is InChI=1S/C14H22N2/c1-5-13-8-6-7-9-14(13)12-16(4)11-10-15(2)3/h5-9H,1,10-12H2,2-4H3. The van der Waals surface area contributed by atoms with Gasteiger partial charge in [-0.3, -0.25) is 0 Å². The van der Waals surface area contributed by atoms with Gasteiger partial charge in [0, 0.05) is 19.6 Å². The van der Waals surface area contributed by atoms with Gasteiger partial charge in [-0.15, -0.1) is 0 Å². The Labute approximate surface area is 99.2 Å². The highest BCUT2D eigenvalue weighted by Gasteiger charge is 2.03. The molecule has 0 aliphatic heterocycles. The fraction of sp³-hybridized carbons (Fsp3) is 0.429. The van der Waals surface area contributed by atoms with Crippen LogP contribution >= 0.6 is 0 Å². The zero-order valence-electron chi connectivity index (χ0n) is 10.6. The number of likely N-dealkylation sites (N-methyl/N-ethyl adjacent to an activating group) is 2. The van der Waals surface area contributed by atoms with Crippen LogP contribution in [0.4, 0.5) is 0 Å². The molecular weight excluding hydrogens is 196 g/mol. The molecule has 0 amide bonds. The highest BCUT2D eigenvalue weighted by molar-refractivity contribution is 5.51. The minimum Gasteiger partial charge on any atom is -0.308 e. The normalized spacial score (nSPS) is 11.1. The monoisotopic (exact) mass is 218 g/mol. The third-order valence-corrected chi connectivity index (χ3v) is 2.64. The summed E-state index contributed by atoms with van der Waals surface area (Å²) in [7, 11) is 6.36. The molecule has 0 heterocycles. The highest BCUT2D eigenvalue weighted by atomic mass is 15.1. The number of hydrogen-bond acceptors (Lipinski definition) is 2. The van der Waals surface area contributed by atoms with Gasteiger partial charge in [0.1, 0.15) is 0 Å². The van der Waals surface area contributed by atoms with Gasteiger partial charge in [-0.25, -0.2) is 0 Å². The molecule has 88 valence electrons. The van der Waals surface area contributed by atoms with E-state index in [-0.39, 0.29) is 0 Å². The molecule has 1 aromatic carbocycles. The molecule has 0 saturated heterocycles. The third-order valence-electron chi connectivity index (χ3n) is 2.64. The van der Waals surface area contributed by atoms with Crippen molar-refractivity contribution in [2.24, 2.45) is 0 Å². The molecule has 0 bridgehead atoms. The average Bonchev–Trinajstić information content (AvgIpc) is 2.27. The molecule has 0 spiro atoms. The van der Waals surface area contributed by atoms with Crippen molar-refractivity contribution in [3.8, 4) is 0 Å². The molecule has 1 rings (SSSR count). The van der Waals surface area contributed by atoms with Crippen molar-refractivity contribution in [2.75, 3.05) is 34.2 Å². The lowest BCUT2D eigenvalue weighted by molar-refractivity contribution is 0.276. The second-order valence-corrected chi connectivity index (χ2v) is 4.44. The van der Waals surface area contributed by atoms with Crippen LogP contribution in [0.2, 0.25) is 0 Å². The van der Waals surface area contributed by atoms with E-state index in [4.69, 9.17) is 0 Å². The SMILES string of the molecule is C=Cc1ccccc1CN(C)CCN(C)C. The summed E-state index contributed by atoms with van der Waals surface area (Å²) >= 11 is 0. The number of benzene rings is 1. The molecule has 2 heteroatoms. The first-order chi connectivity index (χ1) is 7.63. The van der Waals surface area contributed by atoms with Crippen molar-refractivity contribution in [3.63, 3.8) is 0 Å². The Hall–Kier alpha value is -1.12. The summed E-state index contributed by atoms with van der Waals surface area (Å²) in [5.74, 6) is 0. The maximum Gasteiger partial charge on any atom is 0.0237 e. The molecule has 0 fully saturated rings. The van der Waals surface area contributed by atoms with Crippen LogP contribution in [0.15, 0.2) is 30.8 Å². The van der Waals surface area contributed by atoms with Crippen molar-refractivity contribution in [1.29, 1.82) is 0 Å². The van der Waals surface area contributed by atoms with E-state index in [1.807, 2.05) is 6.08 Å². The summed E-state index contributed by atoms with van der Waals surface area (Å²) < 4.78 is 0. The van der Waals surface area contributed by atoms with Crippen LogP contribution in [0, 0.1) is 0 Å². The first kappa shape index (κ1) is 12.9. The van der Waals surface area contributed by atoms with Crippen LogP contribution in [0.3, 0.4) is 0 Å². The summed E-state index contributed by atoms with van der Waals surface area (Å²) in [6, 6.07) is 8.42. The summed E-state index contributed by atoms with van der Waals surface area (Å²) in [5.41, 5.74) is 2.58. The summed E-state index contributed by atoms with van der Waals surface area (Å²) in [4.78, 5) is 4.54. The molecule has 0 aromatic heterocycles. The fourth-order valence-corrected chi connectivity index (χ4v) is 1.62. The van der Waals surface area contributed by atoms with E-state index in [1.54, 1.807) is 0 Å². The minimum atomic E-state index is 0.982. The van der Waals surface area contributed by atoms with E-state index in [9.17, 15) is 0 Å². The smallest absolute Gasteiger partial charge is 0.0237 e. The van der Waals surface area contributed by atoms with E-state index in [0.717, 1.165) is 19.6 Å². The molecule has 0 N–H and O–H groups in total. The van der Waals surface area contributed by atoms with Gasteiger partial charge in [0.05, 0.1) is 0 Å². The van der Waals surface area contributed by atoms with Crippen molar-refractivity contribution in [1.82, 2.24) is 9.80 Å². The van der Waals surface area contributed by atoms with Gasteiger partial charge in [-0.05, 0) is 32.3 Å². The molecule has 2 nitrogen and oxygen atoms in total. The van der Waals surface area contributed by atoms with Gasteiger partial charge in [0.2, 0.25) is 0 Å². The third kappa shape index (κ3) is 4.17. The quantitative estimate of drug-likeness (QED) is 0.723. The molecule has 0 aliphatic rings. The zero-order chi connectivity index (χ0) is 12.0. The topological polar surface area (TPSA) is 6.48 Å². The lowest BCUT2D eigenvalue weighted by Crippen LogP contribution is -2.28. The number of rotatable bonds is 6. The predicted octanol–water partition coefficient (Wildman–Crippen LogP) is 2.32. The van der Waals surface area contributed by atoms with Crippen LogP contribution in [0.25, 0.3) is 6.08 Å². The molecule has 1 aromatic rings. The molecule has 0 unspecified atom stereocenters. The molecule has 0 aliphatic carbocycles. The number of nitrogens with zero attached hydrogens (tertiary/aromatic N) is 2. The van der Waals surface area contributed by atoms with E-state index in [0.29, 0.717) is 0 Å². The second-order valence-electron chi connectivity index (χ2n) is 4.44. The maximum absolute atomic E-state index is 3.85. The van der Waals surface area contributed by atoms with Crippen molar-refractivity contribution in [2.45, 2.75) is 6.54 Å². The molecule has 0 saturated carbocycles. The Morgan fingerprint density at radius 3 is 2.44 bits per heavy atom. The number of hydrogen-bond donors (Lipinski definition) is 0. The van der Waals surface area contributed by atoms with Gasteiger partial charge in [-0.1, -0.05) is 36.9 Å². The Balaban J connectivity index is 2.55. The van der Waals surface area contributed by atoms with E-state index >= 15 is 0 Å². The lowest BCUT2D eigenvalue weighted by Gasteiger charge is -2.20. The van der Waals surface area contributed by atoms with Crippen LogP contribution in [0.1, 0.15) is 11.1 Å². The zero-order valence-corrected chi connectivity index (χ0v) is 10.6. The fourth-order valence-electron chi connectivity index (χ4n) is 1.62. The maximum atomic E-state index is 3.85. The first-order valence-corrected chi connectivity index (χ1v) is 5.67. The summed E-state index contributed by atoms with van der Waals surface area (Å²) in [6.45, 7) is 7.00.